The zero-order chi connectivity index (χ0) is 7.15. The van der Waals surface area contributed by atoms with Crippen LogP contribution in [0.2, 0.25) is 0 Å². The van der Waals surface area contributed by atoms with Gasteiger partial charge in [-0.3, -0.25) is 0 Å². The molecule has 0 saturated carbocycles. The first-order valence-electron chi connectivity index (χ1n) is 1.36. The molecule has 5 N–H and O–H groups in total. The van der Waals surface area contributed by atoms with E-state index in [9.17, 15) is 0 Å². The molecule has 0 fully saturated rings. The highest BCUT2D eigenvalue weighted by Crippen LogP contribution is 1.98. The Labute approximate surface area is 46.2 Å². The third-order valence-electron chi connectivity index (χ3n) is 0. The number of rotatable bonds is 0. The van der Waals surface area contributed by atoms with Crippen molar-refractivity contribution in [2.75, 3.05) is 0 Å². The minimum atomic E-state index is -2.87. The summed E-state index contributed by atoms with van der Waals surface area (Å²) in [5, 5.41) is 21.5. The standard InChI is InChI=1S/BH3O3.HO3P/c2-1(3)4;1-4(2)3/h2-4H;(H-,1,2,3)/p+1. The Balaban J connectivity index is 0. The fourth-order valence-corrected chi connectivity index (χ4v) is 0. The molecule has 0 spiro atoms. The SMILES string of the molecule is O=[P+](O)O.OB(O)O. The van der Waals surface area contributed by atoms with Gasteiger partial charge in [0.05, 0.1) is 0 Å². The third-order valence-corrected chi connectivity index (χ3v) is 0. The molecule has 0 saturated heterocycles. The maximum Gasteiger partial charge on any atom is 0.692 e. The van der Waals surface area contributed by atoms with Crippen molar-refractivity contribution in [2.24, 2.45) is 0 Å². The topological polar surface area (TPSA) is 118 Å². The predicted molar refractivity (Wildman–Crippen MR) is 24.5 cm³/mol. The van der Waals surface area contributed by atoms with Crippen LogP contribution in [0.3, 0.4) is 0 Å². The molecule has 0 unspecified atom stereocenters. The van der Waals surface area contributed by atoms with E-state index in [0.717, 1.165) is 0 Å². The predicted octanol–water partition coefficient (Wildman–Crippen LogP) is -2.42. The molecular formula is H5BO6P+. The van der Waals surface area contributed by atoms with Crippen LogP contribution in [0.1, 0.15) is 0 Å². The fraction of sp³-hybridized carbons (Fsp3) is 0. The molecule has 0 aromatic carbocycles. The summed E-state index contributed by atoms with van der Waals surface area (Å²) in [6, 6.07) is 0. The fourth-order valence-electron chi connectivity index (χ4n) is 0. The van der Waals surface area contributed by atoms with Gasteiger partial charge in [0.1, 0.15) is 0 Å². The van der Waals surface area contributed by atoms with E-state index in [-0.39, 0.29) is 0 Å². The molecule has 6 nitrogen and oxygen atoms in total. The van der Waals surface area contributed by atoms with E-state index >= 15 is 0 Å². The van der Waals surface area contributed by atoms with Crippen LogP contribution >= 0.6 is 8.25 Å². The number of hydrogen-bond donors (Lipinski definition) is 5. The second kappa shape index (κ2) is 6.96. The van der Waals surface area contributed by atoms with E-state index < -0.39 is 15.6 Å². The summed E-state index contributed by atoms with van der Waals surface area (Å²) in [4.78, 5) is 14.2. The smallest absolute Gasteiger partial charge is 0.402 e. The van der Waals surface area contributed by atoms with Crippen molar-refractivity contribution in [1.82, 2.24) is 0 Å². The molecule has 0 rings (SSSR count). The van der Waals surface area contributed by atoms with E-state index in [0.29, 0.717) is 0 Å². The third kappa shape index (κ3) is 120000. The highest BCUT2D eigenvalue weighted by Gasteiger charge is 1.93. The Morgan fingerprint density at radius 3 is 1.12 bits per heavy atom. The lowest BCUT2D eigenvalue weighted by Gasteiger charge is -1.69. The molecule has 48 valence electrons. The Morgan fingerprint density at radius 1 is 1.12 bits per heavy atom. The molecule has 0 aromatic rings. The average molecular weight is 143 g/mol. The van der Waals surface area contributed by atoms with Crippen molar-refractivity contribution in [1.29, 1.82) is 0 Å². The molecule has 8 heavy (non-hydrogen) atoms. The van der Waals surface area contributed by atoms with Crippen LogP contribution in [0.15, 0.2) is 0 Å². The maximum absolute atomic E-state index is 8.70. The molecule has 0 heterocycles. The lowest BCUT2D eigenvalue weighted by Crippen LogP contribution is -2.07. The summed E-state index contributed by atoms with van der Waals surface area (Å²) in [7, 11) is -5.04. The van der Waals surface area contributed by atoms with Crippen molar-refractivity contribution in [3.05, 3.63) is 0 Å². The monoisotopic (exact) mass is 143 g/mol. The summed E-state index contributed by atoms with van der Waals surface area (Å²) < 4.78 is 8.70. The zero-order valence-electron chi connectivity index (χ0n) is 3.67. The van der Waals surface area contributed by atoms with Crippen molar-refractivity contribution in [2.45, 2.75) is 0 Å². The lowest BCUT2D eigenvalue weighted by molar-refractivity contribution is 0.278. The minimum Gasteiger partial charge on any atom is -0.402 e. The van der Waals surface area contributed by atoms with Crippen LogP contribution in [0, 0.1) is 0 Å². The van der Waals surface area contributed by atoms with Crippen LogP contribution in [0.5, 0.6) is 0 Å². The van der Waals surface area contributed by atoms with Crippen LogP contribution in [0.25, 0.3) is 0 Å². The molecule has 0 aliphatic heterocycles. The number of hydrogen-bond acceptors (Lipinski definition) is 4. The van der Waals surface area contributed by atoms with Gasteiger partial charge >= 0.3 is 15.6 Å². The summed E-state index contributed by atoms with van der Waals surface area (Å²) in [5.41, 5.74) is 0. The largest absolute Gasteiger partial charge is 0.692 e. The first-order chi connectivity index (χ1) is 3.46. The first kappa shape index (κ1) is 10.9. The van der Waals surface area contributed by atoms with Crippen LogP contribution in [0.4, 0.5) is 0 Å². The lowest BCUT2D eigenvalue weighted by atomic mass is 10.3. The van der Waals surface area contributed by atoms with Gasteiger partial charge in [-0.05, 0) is 0 Å². The normalized spacial score (nSPS) is 6.62. The Morgan fingerprint density at radius 2 is 1.12 bits per heavy atom. The molecule has 0 amide bonds. The summed E-state index contributed by atoms with van der Waals surface area (Å²) in [5.74, 6) is 0. The van der Waals surface area contributed by atoms with Crippen molar-refractivity contribution >= 4 is 15.6 Å². The van der Waals surface area contributed by atoms with E-state index in [4.69, 9.17) is 29.4 Å². The zero-order valence-corrected chi connectivity index (χ0v) is 4.56. The quantitative estimate of drug-likeness (QED) is 0.190. The second-order valence-corrected chi connectivity index (χ2v) is 1.10. The first-order valence-corrected chi connectivity index (χ1v) is 2.52. The highest BCUT2D eigenvalue weighted by molar-refractivity contribution is 7.30. The van der Waals surface area contributed by atoms with Crippen LogP contribution in [-0.2, 0) is 4.57 Å². The summed E-state index contributed by atoms with van der Waals surface area (Å²) >= 11 is 0. The molecule has 8 heteroatoms. The molecular weight excluding hydrogens is 138 g/mol. The van der Waals surface area contributed by atoms with Crippen molar-refractivity contribution < 1.29 is 29.4 Å². The molecule has 0 aliphatic rings. The van der Waals surface area contributed by atoms with E-state index in [1.165, 1.54) is 0 Å². The van der Waals surface area contributed by atoms with E-state index in [2.05, 4.69) is 0 Å². The van der Waals surface area contributed by atoms with Gasteiger partial charge in [-0.25, -0.2) is 0 Å². The van der Waals surface area contributed by atoms with Gasteiger partial charge in [0.2, 0.25) is 0 Å². The molecule has 0 bridgehead atoms. The average Bonchev–Trinajstić information content (AvgIpc) is 1.25. The van der Waals surface area contributed by atoms with Gasteiger partial charge in [0.25, 0.3) is 0 Å². The van der Waals surface area contributed by atoms with E-state index in [1.807, 2.05) is 0 Å². The summed E-state index contributed by atoms with van der Waals surface area (Å²) in [6.45, 7) is 0. The summed E-state index contributed by atoms with van der Waals surface area (Å²) in [6.07, 6.45) is 0. The van der Waals surface area contributed by atoms with Gasteiger partial charge in [-0.15, -0.1) is 9.79 Å². The van der Waals surface area contributed by atoms with Gasteiger partial charge < -0.3 is 15.1 Å². The van der Waals surface area contributed by atoms with E-state index in [1.54, 1.807) is 0 Å². The molecule has 0 aliphatic carbocycles. The maximum atomic E-state index is 8.70. The highest BCUT2D eigenvalue weighted by atomic mass is 31.1. The Hall–Kier alpha value is -0.0351. The van der Waals surface area contributed by atoms with Crippen molar-refractivity contribution in [3.8, 4) is 0 Å². The molecule has 0 aromatic heterocycles. The van der Waals surface area contributed by atoms with Crippen LogP contribution in [-0.4, -0.2) is 32.2 Å². The Kier molecular flexibility index (Phi) is 9.45. The van der Waals surface area contributed by atoms with Gasteiger partial charge in [-0.1, -0.05) is 0 Å². The van der Waals surface area contributed by atoms with Crippen molar-refractivity contribution in [3.63, 3.8) is 0 Å². The van der Waals surface area contributed by atoms with Gasteiger partial charge in [-0.2, -0.15) is 0 Å². The second-order valence-electron chi connectivity index (χ2n) is 0.599. The van der Waals surface area contributed by atoms with Gasteiger partial charge in [0, 0.05) is 4.57 Å². The molecule has 0 atom stereocenters. The molecule has 0 radical (unpaired) electrons. The van der Waals surface area contributed by atoms with Crippen LogP contribution < -0.4 is 0 Å². The van der Waals surface area contributed by atoms with Gasteiger partial charge in [0.15, 0.2) is 0 Å². The Bertz CT molecular complexity index is 52.8. The minimum absolute atomic E-state index is 2.17.